The fraction of sp³-hybridized carbons (Fsp3) is 0.174. The second-order valence-corrected chi connectivity index (χ2v) is 6.94. The lowest BCUT2D eigenvalue weighted by Crippen LogP contribution is -2.47. The van der Waals surface area contributed by atoms with Crippen molar-refractivity contribution in [3.05, 3.63) is 84.2 Å². The number of piperazine rings is 1. The molecule has 152 valence electrons. The summed E-state index contributed by atoms with van der Waals surface area (Å²) < 4.78 is 5.69. The third kappa shape index (κ3) is 4.94. The minimum Gasteiger partial charge on any atom is -0.456 e. The summed E-state index contributed by atoms with van der Waals surface area (Å²) in [5.74, 6) is 1.17. The number of hydrogen-bond acceptors (Lipinski definition) is 5. The van der Waals surface area contributed by atoms with Crippen LogP contribution in [0.4, 0.5) is 5.69 Å². The van der Waals surface area contributed by atoms with Crippen molar-refractivity contribution in [3.63, 3.8) is 0 Å². The Labute approximate surface area is 174 Å². The molecule has 0 saturated carbocycles. The largest absolute Gasteiger partial charge is 0.456 e. The molecule has 1 fully saturated rings. The van der Waals surface area contributed by atoms with Crippen molar-refractivity contribution in [2.75, 3.05) is 24.5 Å². The van der Waals surface area contributed by atoms with Crippen LogP contribution in [0.25, 0.3) is 0 Å². The van der Waals surface area contributed by atoms with Crippen LogP contribution in [0.5, 0.6) is 11.5 Å². The maximum atomic E-state index is 12.4. The molecule has 7 nitrogen and oxygen atoms in total. The minimum atomic E-state index is -0.153. The molecule has 1 aliphatic heterocycles. The number of hydrogen-bond donors (Lipinski definition) is 2. The average Bonchev–Trinajstić information content (AvgIpc) is 2.79. The molecule has 1 aromatic heterocycles. The van der Waals surface area contributed by atoms with Gasteiger partial charge in [-0.3, -0.25) is 14.6 Å². The second-order valence-electron chi connectivity index (χ2n) is 6.94. The first-order valence-corrected chi connectivity index (χ1v) is 9.74. The maximum Gasteiger partial charge on any atom is 0.251 e. The van der Waals surface area contributed by atoms with Crippen LogP contribution in [-0.2, 0) is 11.3 Å². The number of anilines is 1. The zero-order valence-electron chi connectivity index (χ0n) is 16.4. The van der Waals surface area contributed by atoms with E-state index in [1.165, 1.54) is 0 Å². The highest BCUT2D eigenvalue weighted by Gasteiger charge is 2.16. The van der Waals surface area contributed by atoms with E-state index in [0.29, 0.717) is 36.7 Å². The van der Waals surface area contributed by atoms with Gasteiger partial charge in [0.2, 0.25) is 5.91 Å². The van der Waals surface area contributed by atoms with Gasteiger partial charge >= 0.3 is 0 Å². The van der Waals surface area contributed by atoms with Gasteiger partial charge in [-0.05, 0) is 54.1 Å². The predicted octanol–water partition coefficient (Wildman–Crippen LogP) is 2.74. The fourth-order valence-corrected chi connectivity index (χ4v) is 3.19. The van der Waals surface area contributed by atoms with Gasteiger partial charge in [0.1, 0.15) is 11.5 Å². The summed E-state index contributed by atoms with van der Waals surface area (Å²) in [6.07, 6.45) is 3.31. The van der Waals surface area contributed by atoms with Gasteiger partial charge in [-0.2, -0.15) is 0 Å². The van der Waals surface area contributed by atoms with Crippen LogP contribution in [0.3, 0.4) is 0 Å². The first kappa shape index (κ1) is 19.4. The molecule has 2 N–H and O–H groups in total. The van der Waals surface area contributed by atoms with Crippen molar-refractivity contribution in [2.24, 2.45) is 0 Å². The smallest absolute Gasteiger partial charge is 0.251 e. The molecular formula is C23H22N4O3. The van der Waals surface area contributed by atoms with Crippen molar-refractivity contribution in [3.8, 4) is 11.5 Å². The Hall–Kier alpha value is -3.87. The number of pyridine rings is 1. The third-order valence-electron chi connectivity index (χ3n) is 4.78. The van der Waals surface area contributed by atoms with Crippen LogP contribution in [0.2, 0.25) is 0 Å². The number of rotatable bonds is 6. The lowest BCUT2D eigenvalue weighted by molar-refractivity contribution is -0.120. The van der Waals surface area contributed by atoms with Crippen molar-refractivity contribution >= 4 is 17.5 Å². The molecule has 0 radical (unpaired) electrons. The molecule has 3 aromatic rings. The van der Waals surface area contributed by atoms with Crippen molar-refractivity contribution in [1.29, 1.82) is 0 Å². The normalized spacial score (nSPS) is 13.5. The molecule has 0 bridgehead atoms. The number of amides is 2. The molecule has 2 heterocycles. The van der Waals surface area contributed by atoms with E-state index in [1.807, 2.05) is 35.2 Å². The monoisotopic (exact) mass is 402 g/mol. The van der Waals surface area contributed by atoms with Gasteiger partial charge in [-0.25, -0.2) is 0 Å². The van der Waals surface area contributed by atoms with Crippen LogP contribution < -0.4 is 20.3 Å². The zero-order chi connectivity index (χ0) is 20.8. The zero-order valence-corrected chi connectivity index (χ0v) is 16.4. The van der Waals surface area contributed by atoms with Gasteiger partial charge < -0.3 is 20.3 Å². The Morgan fingerprint density at radius 3 is 2.57 bits per heavy atom. The summed E-state index contributed by atoms with van der Waals surface area (Å²) in [5, 5.41) is 5.74. The predicted molar refractivity (Wildman–Crippen MR) is 114 cm³/mol. The molecule has 30 heavy (non-hydrogen) atoms. The summed E-state index contributed by atoms with van der Waals surface area (Å²) in [6.45, 7) is 2.25. The van der Waals surface area contributed by atoms with E-state index in [2.05, 4.69) is 15.6 Å². The molecule has 4 rings (SSSR count). The Kier molecular flexibility index (Phi) is 5.89. The number of nitrogens with zero attached hydrogens (tertiary/aromatic N) is 2. The fourth-order valence-electron chi connectivity index (χ4n) is 3.19. The molecule has 2 amide bonds. The lowest BCUT2D eigenvalue weighted by atomic mass is 10.1. The van der Waals surface area contributed by atoms with E-state index in [1.54, 1.807) is 42.7 Å². The van der Waals surface area contributed by atoms with Gasteiger partial charge in [0.05, 0.1) is 12.7 Å². The van der Waals surface area contributed by atoms with E-state index >= 15 is 0 Å². The molecule has 0 atom stereocenters. The summed E-state index contributed by atoms with van der Waals surface area (Å²) in [7, 11) is 0. The summed E-state index contributed by atoms with van der Waals surface area (Å²) in [5.41, 5.74) is 2.55. The van der Waals surface area contributed by atoms with Crippen LogP contribution >= 0.6 is 0 Å². The number of carbonyl (C=O) groups is 2. The molecule has 7 heteroatoms. The highest BCUT2D eigenvalue weighted by atomic mass is 16.5. The van der Waals surface area contributed by atoms with Crippen LogP contribution in [0, 0.1) is 0 Å². The molecule has 1 saturated heterocycles. The summed E-state index contributed by atoms with van der Waals surface area (Å²) in [4.78, 5) is 30.0. The third-order valence-corrected chi connectivity index (χ3v) is 4.78. The number of nitrogens with one attached hydrogen (secondary N) is 2. The number of aromatic nitrogens is 1. The van der Waals surface area contributed by atoms with Crippen LogP contribution in [-0.4, -0.2) is 36.4 Å². The number of benzene rings is 2. The van der Waals surface area contributed by atoms with Crippen molar-refractivity contribution < 1.29 is 14.3 Å². The average molecular weight is 402 g/mol. The Bertz CT molecular complexity index is 1000. The van der Waals surface area contributed by atoms with Crippen molar-refractivity contribution in [1.82, 2.24) is 15.6 Å². The Balaban J connectivity index is 1.30. The lowest BCUT2D eigenvalue weighted by Gasteiger charge is -2.28. The topological polar surface area (TPSA) is 83.6 Å². The summed E-state index contributed by atoms with van der Waals surface area (Å²) >= 11 is 0. The summed E-state index contributed by atoms with van der Waals surface area (Å²) in [6, 6.07) is 18.5. The first-order valence-electron chi connectivity index (χ1n) is 9.74. The highest BCUT2D eigenvalue weighted by molar-refractivity contribution is 5.94. The Morgan fingerprint density at radius 2 is 1.87 bits per heavy atom. The quantitative estimate of drug-likeness (QED) is 0.662. The molecule has 0 unspecified atom stereocenters. The van der Waals surface area contributed by atoms with Gasteiger partial charge in [0.25, 0.3) is 5.91 Å². The highest BCUT2D eigenvalue weighted by Crippen LogP contribution is 2.20. The van der Waals surface area contributed by atoms with Gasteiger partial charge in [-0.15, -0.1) is 0 Å². The SMILES string of the molecule is O=C1CN(c2ccc(CNC(=O)c3ccc(Oc4cccnc4)cc3)cc2)CCN1. The Morgan fingerprint density at radius 1 is 1.07 bits per heavy atom. The first-order chi connectivity index (χ1) is 14.7. The standard InChI is InChI=1S/C23H22N4O3/c28-22-16-27(13-12-25-22)19-7-3-17(4-8-19)14-26-23(29)18-5-9-20(10-6-18)30-21-2-1-11-24-15-21/h1-11,15H,12-14,16H2,(H,25,28)(H,26,29). The molecule has 1 aliphatic rings. The molecule has 0 spiro atoms. The van der Waals surface area contributed by atoms with E-state index in [0.717, 1.165) is 17.8 Å². The minimum absolute atomic E-state index is 0.0365. The molecule has 0 aliphatic carbocycles. The second kappa shape index (κ2) is 9.09. The van der Waals surface area contributed by atoms with Crippen LogP contribution in [0.1, 0.15) is 15.9 Å². The number of carbonyl (C=O) groups excluding carboxylic acids is 2. The molecule has 2 aromatic carbocycles. The van der Waals surface area contributed by atoms with E-state index in [9.17, 15) is 9.59 Å². The molecular weight excluding hydrogens is 380 g/mol. The van der Waals surface area contributed by atoms with Gasteiger partial charge in [0, 0.05) is 37.1 Å². The van der Waals surface area contributed by atoms with Gasteiger partial charge in [-0.1, -0.05) is 12.1 Å². The van der Waals surface area contributed by atoms with E-state index in [4.69, 9.17) is 4.74 Å². The van der Waals surface area contributed by atoms with Gasteiger partial charge in [0.15, 0.2) is 0 Å². The maximum absolute atomic E-state index is 12.4. The van der Waals surface area contributed by atoms with Crippen molar-refractivity contribution in [2.45, 2.75) is 6.54 Å². The number of ether oxygens (including phenoxy) is 1. The van der Waals surface area contributed by atoms with E-state index in [-0.39, 0.29) is 11.8 Å². The van der Waals surface area contributed by atoms with E-state index < -0.39 is 0 Å². The van der Waals surface area contributed by atoms with Crippen LogP contribution in [0.15, 0.2) is 73.1 Å².